The predicted molar refractivity (Wildman–Crippen MR) is 91.5 cm³/mol. The third-order valence-corrected chi connectivity index (χ3v) is 6.03. The number of pyridine rings is 1. The van der Waals surface area contributed by atoms with Crippen molar-refractivity contribution in [3.8, 4) is 0 Å². The van der Waals surface area contributed by atoms with Gasteiger partial charge in [-0.15, -0.1) is 0 Å². The first-order valence-electron chi connectivity index (χ1n) is 8.10. The van der Waals surface area contributed by atoms with Crippen molar-refractivity contribution in [3.63, 3.8) is 0 Å². The van der Waals surface area contributed by atoms with Crippen LogP contribution in [0.3, 0.4) is 0 Å². The van der Waals surface area contributed by atoms with Crippen LogP contribution in [0.2, 0.25) is 0 Å². The number of aromatic nitrogens is 1. The molecule has 0 spiro atoms. The quantitative estimate of drug-likeness (QED) is 0.852. The number of hydrogen-bond acceptors (Lipinski definition) is 5. The van der Waals surface area contributed by atoms with Crippen molar-refractivity contribution >= 4 is 21.6 Å². The first-order valence-corrected chi connectivity index (χ1v) is 9.92. The third-order valence-electron chi connectivity index (χ3n) is 4.28. The lowest BCUT2D eigenvalue weighted by Crippen LogP contribution is -2.37. The first-order chi connectivity index (χ1) is 10.9. The summed E-state index contributed by atoms with van der Waals surface area (Å²) in [4.78, 5) is 18.6. The number of sulfone groups is 1. The molecule has 23 heavy (non-hydrogen) atoms. The van der Waals surface area contributed by atoms with Crippen molar-refractivity contribution < 1.29 is 13.2 Å². The van der Waals surface area contributed by atoms with Gasteiger partial charge in [-0.05, 0) is 38.8 Å². The summed E-state index contributed by atoms with van der Waals surface area (Å²) in [7, 11) is -2.95. The first kappa shape index (κ1) is 17.7. The van der Waals surface area contributed by atoms with Gasteiger partial charge in [0, 0.05) is 30.4 Å². The highest BCUT2D eigenvalue weighted by atomic mass is 32.2. The van der Waals surface area contributed by atoms with Crippen LogP contribution in [0.15, 0.2) is 18.3 Å². The lowest BCUT2D eigenvalue weighted by atomic mass is 10.1. The van der Waals surface area contributed by atoms with Crippen LogP contribution in [0.4, 0.5) is 5.82 Å². The third kappa shape index (κ3) is 4.43. The second-order valence-electron chi connectivity index (χ2n) is 6.03. The molecular weight excluding hydrogens is 314 g/mol. The molecule has 7 heteroatoms. The Morgan fingerprint density at radius 3 is 2.78 bits per heavy atom. The molecule has 0 saturated carbocycles. The van der Waals surface area contributed by atoms with Gasteiger partial charge in [0.15, 0.2) is 9.84 Å². The van der Waals surface area contributed by atoms with Gasteiger partial charge in [0.1, 0.15) is 5.82 Å². The topological polar surface area (TPSA) is 79.4 Å². The van der Waals surface area contributed by atoms with E-state index in [1.165, 1.54) is 0 Å². The van der Waals surface area contributed by atoms with Crippen LogP contribution in [-0.2, 0) is 9.84 Å². The van der Waals surface area contributed by atoms with Crippen LogP contribution in [0.25, 0.3) is 0 Å². The molecular formula is C16H25N3O3S. The molecule has 1 N–H and O–H groups in total. The highest BCUT2D eigenvalue weighted by Crippen LogP contribution is 2.23. The van der Waals surface area contributed by atoms with Crippen molar-refractivity contribution in [2.45, 2.75) is 45.7 Å². The fourth-order valence-corrected chi connectivity index (χ4v) is 4.49. The molecule has 1 saturated heterocycles. The molecule has 128 valence electrons. The molecule has 1 aliphatic heterocycles. The van der Waals surface area contributed by atoms with Gasteiger partial charge < -0.3 is 10.2 Å². The molecule has 2 rings (SSSR count). The second-order valence-corrected chi connectivity index (χ2v) is 8.26. The molecule has 1 fully saturated rings. The molecule has 0 aliphatic carbocycles. The van der Waals surface area contributed by atoms with E-state index in [1.54, 1.807) is 18.3 Å². The Hall–Kier alpha value is -1.63. The zero-order chi connectivity index (χ0) is 17.0. The fraction of sp³-hybridized carbons (Fsp3) is 0.625. The van der Waals surface area contributed by atoms with Crippen LogP contribution >= 0.6 is 0 Å². The van der Waals surface area contributed by atoms with E-state index in [2.05, 4.69) is 10.3 Å². The average molecular weight is 339 g/mol. The van der Waals surface area contributed by atoms with Gasteiger partial charge >= 0.3 is 0 Å². The lowest BCUT2D eigenvalue weighted by molar-refractivity contribution is 0.0939. The van der Waals surface area contributed by atoms with E-state index in [0.717, 1.165) is 6.42 Å². The minimum Gasteiger partial charge on any atom is -0.353 e. The average Bonchev–Trinajstić information content (AvgIpc) is 2.88. The Bertz CT molecular complexity index is 660. The van der Waals surface area contributed by atoms with Crippen LogP contribution in [0, 0.1) is 0 Å². The Kier molecular flexibility index (Phi) is 5.62. The van der Waals surface area contributed by atoms with Gasteiger partial charge in [-0.25, -0.2) is 13.4 Å². The SMILES string of the molecule is CCC(C)NC(=O)c1ccnc(N(CC)C2CCS(=O)(=O)C2)c1. The molecule has 6 nitrogen and oxygen atoms in total. The number of nitrogens with one attached hydrogen (secondary N) is 1. The molecule has 1 amide bonds. The summed E-state index contributed by atoms with van der Waals surface area (Å²) >= 11 is 0. The van der Waals surface area contributed by atoms with E-state index < -0.39 is 9.84 Å². The molecule has 2 atom stereocenters. The number of carbonyl (C=O) groups excluding carboxylic acids is 1. The van der Waals surface area contributed by atoms with Gasteiger partial charge in [0.2, 0.25) is 0 Å². The zero-order valence-electron chi connectivity index (χ0n) is 13.9. The van der Waals surface area contributed by atoms with Gasteiger partial charge in [0.05, 0.1) is 11.5 Å². The number of carbonyl (C=O) groups is 1. The number of rotatable bonds is 6. The number of hydrogen-bond donors (Lipinski definition) is 1. The van der Waals surface area contributed by atoms with E-state index in [4.69, 9.17) is 0 Å². The largest absolute Gasteiger partial charge is 0.353 e. The fourth-order valence-electron chi connectivity index (χ4n) is 2.75. The van der Waals surface area contributed by atoms with Crippen molar-refractivity contribution in [1.29, 1.82) is 0 Å². The van der Waals surface area contributed by atoms with Crippen LogP contribution in [0.5, 0.6) is 0 Å². The minimum atomic E-state index is -2.95. The summed E-state index contributed by atoms with van der Waals surface area (Å²) in [6.45, 7) is 6.60. The molecule has 1 aromatic heterocycles. The molecule has 2 unspecified atom stereocenters. The molecule has 0 bridgehead atoms. The van der Waals surface area contributed by atoms with Crippen molar-refractivity contribution in [1.82, 2.24) is 10.3 Å². The predicted octanol–water partition coefficient (Wildman–Crippen LogP) is 1.62. The summed E-state index contributed by atoms with van der Waals surface area (Å²) < 4.78 is 23.4. The zero-order valence-corrected chi connectivity index (χ0v) is 14.8. The summed E-state index contributed by atoms with van der Waals surface area (Å²) in [6, 6.07) is 3.47. The number of anilines is 1. The van der Waals surface area contributed by atoms with E-state index in [9.17, 15) is 13.2 Å². The van der Waals surface area contributed by atoms with Crippen LogP contribution in [-0.4, -0.2) is 49.4 Å². The van der Waals surface area contributed by atoms with Gasteiger partial charge in [0.25, 0.3) is 5.91 Å². The highest BCUT2D eigenvalue weighted by molar-refractivity contribution is 7.91. The van der Waals surface area contributed by atoms with Crippen molar-refractivity contribution in [3.05, 3.63) is 23.9 Å². The Balaban J connectivity index is 2.19. The summed E-state index contributed by atoms with van der Waals surface area (Å²) in [6.07, 6.45) is 3.08. The molecule has 0 radical (unpaired) electrons. The van der Waals surface area contributed by atoms with Crippen LogP contribution < -0.4 is 10.2 Å². The standard InChI is InChI=1S/C16H25N3O3S/c1-4-12(3)18-16(20)13-6-8-17-15(10-13)19(5-2)14-7-9-23(21,22)11-14/h6,8,10,12,14H,4-5,7,9,11H2,1-3H3,(H,18,20). The molecule has 1 aliphatic rings. The Morgan fingerprint density at radius 2 is 2.22 bits per heavy atom. The van der Waals surface area contributed by atoms with E-state index in [1.807, 2.05) is 25.7 Å². The van der Waals surface area contributed by atoms with E-state index in [0.29, 0.717) is 24.3 Å². The normalized spacial score (nSPS) is 20.9. The molecule has 2 heterocycles. The van der Waals surface area contributed by atoms with Gasteiger partial charge in [-0.1, -0.05) is 6.92 Å². The number of amides is 1. The van der Waals surface area contributed by atoms with Gasteiger partial charge in [-0.3, -0.25) is 4.79 Å². The maximum absolute atomic E-state index is 12.2. The van der Waals surface area contributed by atoms with Crippen molar-refractivity contribution in [2.75, 3.05) is 23.0 Å². The van der Waals surface area contributed by atoms with Gasteiger partial charge in [-0.2, -0.15) is 0 Å². The monoisotopic (exact) mass is 339 g/mol. The van der Waals surface area contributed by atoms with E-state index >= 15 is 0 Å². The maximum atomic E-state index is 12.2. The number of nitrogens with zero attached hydrogens (tertiary/aromatic N) is 2. The maximum Gasteiger partial charge on any atom is 0.251 e. The van der Waals surface area contributed by atoms with Crippen molar-refractivity contribution in [2.24, 2.45) is 0 Å². The lowest BCUT2D eigenvalue weighted by Gasteiger charge is -2.28. The summed E-state index contributed by atoms with van der Waals surface area (Å²) in [5, 5.41) is 2.93. The molecule has 1 aromatic rings. The second kappa shape index (κ2) is 7.29. The highest BCUT2D eigenvalue weighted by Gasteiger charge is 2.32. The minimum absolute atomic E-state index is 0.0645. The summed E-state index contributed by atoms with van der Waals surface area (Å²) in [5.74, 6) is 0.915. The molecule has 0 aromatic carbocycles. The smallest absolute Gasteiger partial charge is 0.251 e. The Morgan fingerprint density at radius 1 is 1.48 bits per heavy atom. The Labute approximate surface area is 138 Å². The summed E-state index contributed by atoms with van der Waals surface area (Å²) in [5.41, 5.74) is 0.551. The van der Waals surface area contributed by atoms with Crippen LogP contribution in [0.1, 0.15) is 44.0 Å². The van der Waals surface area contributed by atoms with E-state index in [-0.39, 0.29) is 29.5 Å².